The van der Waals surface area contributed by atoms with E-state index in [-0.39, 0.29) is 0 Å². The quantitative estimate of drug-likeness (QED) is 0.718. The summed E-state index contributed by atoms with van der Waals surface area (Å²) in [6.45, 7) is 0. The zero-order chi connectivity index (χ0) is 10.7. The Morgan fingerprint density at radius 3 is 2.53 bits per heavy atom. The third-order valence-corrected chi connectivity index (χ3v) is 2.68. The van der Waals surface area contributed by atoms with Crippen molar-refractivity contribution in [1.82, 2.24) is 0 Å². The lowest BCUT2D eigenvalue weighted by Gasteiger charge is -2.04. The Labute approximate surface area is 94.6 Å². The van der Waals surface area contributed by atoms with Gasteiger partial charge >= 0.3 is 0 Å². The molecule has 2 aromatic carbocycles. The van der Waals surface area contributed by atoms with Crippen LogP contribution in [0.2, 0.25) is 0 Å². The molecule has 0 unspecified atom stereocenters. The van der Waals surface area contributed by atoms with Crippen molar-refractivity contribution in [2.24, 2.45) is 0 Å². The molecule has 0 aliphatic rings. The first-order valence-corrected chi connectivity index (χ1v) is 5.49. The van der Waals surface area contributed by atoms with Gasteiger partial charge in [0, 0.05) is 5.88 Å². The van der Waals surface area contributed by atoms with Gasteiger partial charge in [0.05, 0.1) is 7.11 Å². The number of ether oxygens (including phenoxy) is 1. The Hall–Kier alpha value is -1.21. The van der Waals surface area contributed by atoms with E-state index < -0.39 is 0 Å². The van der Waals surface area contributed by atoms with E-state index in [1.54, 1.807) is 7.11 Å². The standard InChI is InChI=1S/C13H13ClO/c1-15-13-5-4-11-8-10(6-7-14)2-3-12(11)9-13/h2-5,8-9H,6-7H2,1H3. The van der Waals surface area contributed by atoms with Crippen molar-refractivity contribution in [3.8, 4) is 5.75 Å². The number of hydrogen-bond donors (Lipinski definition) is 0. The zero-order valence-electron chi connectivity index (χ0n) is 8.66. The van der Waals surface area contributed by atoms with Crippen LogP contribution in [-0.4, -0.2) is 13.0 Å². The van der Waals surface area contributed by atoms with Crippen LogP contribution in [0.1, 0.15) is 5.56 Å². The van der Waals surface area contributed by atoms with E-state index in [1.165, 1.54) is 16.3 Å². The van der Waals surface area contributed by atoms with E-state index in [0.29, 0.717) is 5.88 Å². The van der Waals surface area contributed by atoms with Gasteiger partial charge in [0.25, 0.3) is 0 Å². The molecule has 78 valence electrons. The Morgan fingerprint density at radius 2 is 1.80 bits per heavy atom. The number of hydrogen-bond acceptors (Lipinski definition) is 1. The molecule has 0 heterocycles. The highest BCUT2D eigenvalue weighted by Gasteiger charge is 1.98. The highest BCUT2D eigenvalue weighted by Crippen LogP contribution is 2.22. The molecule has 2 aromatic rings. The first-order valence-electron chi connectivity index (χ1n) is 4.96. The molecule has 15 heavy (non-hydrogen) atoms. The minimum atomic E-state index is 0.668. The van der Waals surface area contributed by atoms with Crippen LogP contribution in [0, 0.1) is 0 Å². The van der Waals surface area contributed by atoms with E-state index in [1.807, 2.05) is 12.1 Å². The average Bonchev–Trinajstić information content (AvgIpc) is 2.29. The lowest BCUT2D eigenvalue weighted by atomic mass is 10.1. The predicted molar refractivity (Wildman–Crippen MR) is 64.9 cm³/mol. The van der Waals surface area contributed by atoms with Crippen molar-refractivity contribution in [3.63, 3.8) is 0 Å². The third kappa shape index (κ3) is 2.24. The summed E-state index contributed by atoms with van der Waals surface area (Å²) in [5, 5.41) is 2.44. The van der Waals surface area contributed by atoms with Gasteiger partial charge < -0.3 is 4.74 Å². The van der Waals surface area contributed by atoms with Gasteiger partial charge in [-0.1, -0.05) is 24.3 Å². The van der Waals surface area contributed by atoms with Crippen molar-refractivity contribution < 1.29 is 4.74 Å². The summed E-state index contributed by atoms with van der Waals surface area (Å²) in [6.07, 6.45) is 0.920. The van der Waals surface area contributed by atoms with Gasteiger partial charge in [-0.3, -0.25) is 0 Å². The number of benzene rings is 2. The van der Waals surface area contributed by atoms with Crippen molar-refractivity contribution in [3.05, 3.63) is 42.0 Å². The Kier molecular flexibility index (Phi) is 3.12. The average molecular weight is 221 g/mol. The molecule has 1 nitrogen and oxygen atoms in total. The van der Waals surface area contributed by atoms with Gasteiger partial charge in [-0.2, -0.15) is 0 Å². The number of rotatable bonds is 3. The van der Waals surface area contributed by atoms with Gasteiger partial charge in [0.15, 0.2) is 0 Å². The van der Waals surface area contributed by atoms with Crippen LogP contribution in [0.4, 0.5) is 0 Å². The van der Waals surface area contributed by atoms with E-state index in [9.17, 15) is 0 Å². The first kappa shape index (κ1) is 10.3. The topological polar surface area (TPSA) is 9.23 Å². The molecule has 0 aliphatic carbocycles. The highest BCUT2D eigenvalue weighted by molar-refractivity contribution is 6.18. The molecule has 0 saturated carbocycles. The van der Waals surface area contributed by atoms with Crippen molar-refractivity contribution in [2.45, 2.75) is 6.42 Å². The van der Waals surface area contributed by atoms with Crippen LogP contribution in [-0.2, 0) is 6.42 Å². The fourth-order valence-electron chi connectivity index (χ4n) is 1.66. The maximum absolute atomic E-state index is 5.71. The molecule has 0 aliphatic heterocycles. The van der Waals surface area contributed by atoms with E-state index in [0.717, 1.165) is 12.2 Å². The van der Waals surface area contributed by atoms with Crippen molar-refractivity contribution in [2.75, 3.05) is 13.0 Å². The first-order chi connectivity index (χ1) is 7.33. The van der Waals surface area contributed by atoms with Crippen molar-refractivity contribution in [1.29, 1.82) is 0 Å². The van der Waals surface area contributed by atoms with Crippen LogP contribution in [0.3, 0.4) is 0 Å². The fraction of sp³-hybridized carbons (Fsp3) is 0.231. The molecule has 0 spiro atoms. The van der Waals surface area contributed by atoms with Gasteiger partial charge in [0.1, 0.15) is 5.75 Å². The normalized spacial score (nSPS) is 10.5. The lowest BCUT2D eigenvalue weighted by molar-refractivity contribution is 0.415. The number of fused-ring (bicyclic) bond motifs is 1. The van der Waals surface area contributed by atoms with Crippen LogP contribution >= 0.6 is 11.6 Å². The lowest BCUT2D eigenvalue weighted by Crippen LogP contribution is -1.87. The van der Waals surface area contributed by atoms with Crippen LogP contribution in [0.5, 0.6) is 5.75 Å². The van der Waals surface area contributed by atoms with Crippen LogP contribution in [0.15, 0.2) is 36.4 Å². The second-order valence-electron chi connectivity index (χ2n) is 3.49. The summed E-state index contributed by atoms with van der Waals surface area (Å²) in [4.78, 5) is 0. The fourth-order valence-corrected chi connectivity index (χ4v) is 1.88. The van der Waals surface area contributed by atoms with Gasteiger partial charge in [-0.05, 0) is 34.9 Å². The molecule has 0 atom stereocenters. The molecule has 0 aromatic heterocycles. The number of halogens is 1. The molecule has 0 bridgehead atoms. The minimum Gasteiger partial charge on any atom is -0.497 e. The summed E-state index contributed by atoms with van der Waals surface area (Å²) < 4.78 is 5.18. The Balaban J connectivity index is 2.45. The molecular formula is C13H13ClO. The second kappa shape index (κ2) is 4.54. The largest absolute Gasteiger partial charge is 0.497 e. The predicted octanol–water partition coefficient (Wildman–Crippen LogP) is 3.63. The summed E-state index contributed by atoms with van der Waals surface area (Å²) in [5.74, 6) is 1.56. The summed E-state index contributed by atoms with van der Waals surface area (Å²) >= 11 is 5.71. The smallest absolute Gasteiger partial charge is 0.119 e. The maximum atomic E-state index is 5.71. The van der Waals surface area contributed by atoms with E-state index >= 15 is 0 Å². The molecule has 0 saturated heterocycles. The monoisotopic (exact) mass is 220 g/mol. The SMILES string of the molecule is COc1ccc2cc(CCCl)ccc2c1. The number of alkyl halides is 1. The Bertz CT molecular complexity index is 465. The molecule has 0 radical (unpaired) electrons. The number of aryl methyl sites for hydroxylation is 1. The summed E-state index contributed by atoms with van der Waals surface area (Å²) in [7, 11) is 1.68. The second-order valence-corrected chi connectivity index (χ2v) is 3.86. The van der Waals surface area contributed by atoms with Crippen molar-refractivity contribution >= 4 is 22.4 Å². The summed E-state index contributed by atoms with van der Waals surface area (Å²) in [6, 6.07) is 12.5. The highest BCUT2D eigenvalue weighted by atomic mass is 35.5. The van der Waals surface area contributed by atoms with Gasteiger partial charge in [0.2, 0.25) is 0 Å². The van der Waals surface area contributed by atoms with Gasteiger partial charge in [-0.25, -0.2) is 0 Å². The maximum Gasteiger partial charge on any atom is 0.119 e. The minimum absolute atomic E-state index is 0.668. The van der Waals surface area contributed by atoms with E-state index in [4.69, 9.17) is 16.3 Å². The molecule has 2 heteroatoms. The van der Waals surface area contributed by atoms with Gasteiger partial charge in [-0.15, -0.1) is 11.6 Å². The molecule has 2 rings (SSSR count). The molecule has 0 amide bonds. The van der Waals surface area contributed by atoms with Crippen LogP contribution < -0.4 is 4.74 Å². The summed E-state index contributed by atoms with van der Waals surface area (Å²) in [5.41, 5.74) is 1.28. The molecule has 0 N–H and O–H groups in total. The third-order valence-electron chi connectivity index (χ3n) is 2.49. The number of methoxy groups -OCH3 is 1. The molecular weight excluding hydrogens is 208 g/mol. The van der Waals surface area contributed by atoms with Crippen LogP contribution in [0.25, 0.3) is 10.8 Å². The zero-order valence-corrected chi connectivity index (χ0v) is 9.42. The van der Waals surface area contributed by atoms with E-state index in [2.05, 4.69) is 24.3 Å². The molecule has 0 fully saturated rings. The Morgan fingerprint density at radius 1 is 1.07 bits per heavy atom.